The Bertz CT molecular complexity index is 883. The molecule has 2 aromatic rings. The molecule has 0 unspecified atom stereocenters. The summed E-state index contributed by atoms with van der Waals surface area (Å²) < 4.78 is 6.89. The first-order chi connectivity index (χ1) is 11.9. The van der Waals surface area contributed by atoms with Crippen LogP contribution in [-0.2, 0) is 4.79 Å². The summed E-state index contributed by atoms with van der Waals surface area (Å²) in [5.74, 6) is 0.213. The van der Waals surface area contributed by atoms with Crippen molar-refractivity contribution in [3.63, 3.8) is 0 Å². The Hall–Kier alpha value is -1.56. The highest BCUT2D eigenvalue weighted by atomic mass is 127. The molecule has 0 aliphatic rings. The Kier molecular flexibility index (Phi) is 6.87. The van der Waals surface area contributed by atoms with Crippen LogP contribution in [0.1, 0.15) is 11.1 Å². The number of rotatable bonds is 4. The zero-order valence-corrected chi connectivity index (χ0v) is 17.9. The summed E-state index contributed by atoms with van der Waals surface area (Å²) in [6.45, 7) is 1.80. The predicted molar refractivity (Wildman–Crippen MR) is 112 cm³/mol. The van der Waals surface area contributed by atoms with Gasteiger partial charge in [-0.05, 0) is 86.9 Å². The van der Waals surface area contributed by atoms with Crippen LogP contribution in [0.3, 0.4) is 0 Å². The van der Waals surface area contributed by atoms with Crippen molar-refractivity contribution in [2.24, 2.45) is 0 Å². The average molecular weight is 532 g/mol. The second-order valence-corrected chi connectivity index (χ2v) is 7.48. The van der Waals surface area contributed by atoms with Gasteiger partial charge in [0.05, 0.1) is 15.2 Å². The van der Waals surface area contributed by atoms with Crippen molar-refractivity contribution in [1.82, 2.24) is 0 Å². The first kappa shape index (κ1) is 19.8. The minimum absolute atomic E-state index is 0.00718. The van der Waals surface area contributed by atoms with E-state index in [1.807, 2.05) is 12.1 Å². The number of benzene rings is 2. The maximum absolute atomic E-state index is 12.4. The lowest BCUT2D eigenvalue weighted by Gasteiger charge is -2.10. The van der Waals surface area contributed by atoms with Crippen LogP contribution in [0.4, 0.5) is 5.69 Å². The number of nitrogens with one attached hydrogen (secondary N) is 1. The standard InChI is InChI=1S/C18H13BrClIN2O2/c1-10-14(20)4-3-5-16(10)23-18(24)12(9-22)6-11-7-13(19)17(25-2)15(21)8-11/h3-8H,1-2H3,(H,23,24)/b12-6-. The second kappa shape index (κ2) is 8.70. The predicted octanol–water partition coefficient (Wildman–Crippen LogP) is 5.57. The number of carbonyl (C=O) groups is 1. The Morgan fingerprint density at radius 2 is 2.16 bits per heavy atom. The van der Waals surface area contributed by atoms with Crippen LogP contribution in [0.2, 0.25) is 5.02 Å². The van der Waals surface area contributed by atoms with Gasteiger partial charge < -0.3 is 10.1 Å². The van der Waals surface area contributed by atoms with E-state index in [9.17, 15) is 10.1 Å². The van der Waals surface area contributed by atoms with Gasteiger partial charge in [0.1, 0.15) is 17.4 Å². The van der Waals surface area contributed by atoms with Crippen LogP contribution in [0, 0.1) is 21.8 Å². The molecular formula is C18H13BrClIN2O2. The summed E-state index contributed by atoms with van der Waals surface area (Å²) in [5, 5.41) is 12.6. The van der Waals surface area contributed by atoms with Gasteiger partial charge in [-0.3, -0.25) is 4.79 Å². The van der Waals surface area contributed by atoms with Crippen LogP contribution in [0.15, 0.2) is 40.4 Å². The van der Waals surface area contributed by atoms with Gasteiger partial charge in [-0.15, -0.1) is 0 Å². The molecule has 0 aromatic heterocycles. The molecule has 0 aliphatic heterocycles. The van der Waals surface area contributed by atoms with Crippen molar-refractivity contribution >= 4 is 67.8 Å². The number of hydrogen-bond acceptors (Lipinski definition) is 3. The third-order valence-corrected chi connectivity index (χ3v) is 5.22. The molecule has 1 N–H and O–H groups in total. The summed E-state index contributed by atoms with van der Waals surface area (Å²) in [4.78, 5) is 12.4. The molecule has 0 atom stereocenters. The molecule has 0 bridgehead atoms. The molecule has 2 rings (SSSR count). The van der Waals surface area contributed by atoms with Gasteiger partial charge in [-0.1, -0.05) is 17.7 Å². The molecule has 2 aromatic carbocycles. The van der Waals surface area contributed by atoms with Crippen LogP contribution in [-0.4, -0.2) is 13.0 Å². The number of amides is 1. The Morgan fingerprint density at radius 1 is 1.44 bits per heavy atom. The number of nitrogens with zero attached hydrogens (tertiary/aromatic N) is 1. The summed E-state index contributed by atoms with van der Waals surface area (Å²) in [7, 11) is 1.58. The van der Waals surface area contributed by atoms with E-state index in [0.29, 0.717) is 22.0 Å². The van der Waals surface area contributed by atoms with Crippen molar-refractivity contribution in [3.8, 4) is 11.8 Å². The Morgan fingerprint density at radius 3 is 2.76 bits per heavy atom. The minimum Gasteiger partial charge on any atom is -0.494 e. The van der Waals surface area contributed by atoms with Gasteiger partial charge in [0.15, 0.2) is 0 Å². The first-order valence-corrected chi connectivity index (χ1v) is 9.33. The maximum atomic E-state index is 12.4. The molecular weight excluding hydrogens is 518 g/mol. The van der Waals surface area contributed by atoms with Gasteiger partial charge in [-0.2, -0.15) is 5.26 Å². The van der Waals surface area contributed by atoms with Crippen molar-refractivity contribution < 1.29 is 9.53 Å². The molecule has 128 valence electrons. The molecule has 0 fully saturated rings. The van der Waals surface area contributed by atoms with Crippen LogP contribution in [0.25, 0.3) is 6.08 Å². The van der Waals surface area contributed by atoms with Crippen molar-refractivity contribution in [1.29, 1.82) is 5.26 Å². The summed E-state index contributed by atoms with van der Waals surface area (Å²) >= 11 is 11.6. The topological polar surface area (TPSA) is 62.1 Å². The summed E-state index contributed by atoms with van der Waals surface area (Å²) in [6, 6.07) is 10.8. The van der Waals surface area contributed by atoms with Gasteiger partial charge in [0.2, 0.25) is 0 Å². The van der Waals surface area contributed by atoms with Gasteiger partial charge >= 0.3 is 0 Å². The van der Waals surface area contributed by atoms with E-state index in [-0.39, 0.29) is 5.57 Å². The van der Waals surface area contributed by atoms with E-state index in [1.165, 1.54) is 6.08 Å². The van der Waals surface area contributed by atoms with Crippen LogP contribution < -0.4 is 10.1 Å². The smallest absolute Gasteiger partial charge is 0.266 e. The first-order valence-electron chi connectivity index (χ1n) is 7.08. The third kappa shape index (κ3) is 4.75. The molecule has 0 saturated heterocycles. The lowest BCUT2D eigenvalue weighted by Crippen LogP contribution is -2.14. The van der Waals surface area contributed by atoms with Gasteiger partial charge in [-0.25, -0.2) is 0 Å². The number of nitriles is 1. The molecule has 25 heavy (non-hydrogen) atoms. The number of anilines is 1. The van der Waals surface area contributed by atoms with E-state index < -0.39 is 5.91 Å². The van der Waals surface area contributed by atoms with E-state index in [4.69, 9.17) is 16.3 Å². The molecule has 4 nitrogen and oxygen atoms in total. The zero-order chi connectivity index (χ0) is 18.6. The van der Waals surface area contributed by atoms with Gasteiger partial charge in [0, 0.05) is 10.7 Å². The second-order valence-electron chi connectivity index (χ2n) is 5.05. The zero-order valence-electron chi connectivity index (χ0n) is 13.4. The van der Waals surface area contributed by atoms with Crippen molar-refractivity contribution in [3.05, 3.63) is 60.1 Å². The molecule has 0 saturated carbocycles. The highest BCUT2D eigenvalue weighted by molar-refractivity contribution is 14.1. The molecule has 0 aliphatic carbocycles. The highest BCUT2D eigenvalue weighted by Crippen LogP contribution is 2.32. The summed E-state index contributed by atoms with van der Waals surface area (Å²) in [6.07, 6.45) is 1.53. The van der Waals surface area contributed by atoms with Gasteiger partial charge in [0.25, 0.3) is 5.91 Å². The lowest BCUT2D eigenvalue weighted by molar-refractivity contribution is -0.112. The highest BCUT2D eigenvalue weighted by Gasteiger charge is 2.13. The van der Waals surface area contributed by atoms with E-state index in [1.54, 1.807) is 38.3 Å². The maximum Gasteiger partial charge on any atom is 0.266 e. The average Bonchev–Trinajstić information content (AvgIpc) is 2.56. The Labute approximate surface area is 173 Å². The minimum atomic E-state index is -0.491. The normalized spacial score (nSPS) is 11.0. The van der Waals surface area contributed by atoms with Crippen molar-refractivity contribution in [2.75, 3.05) is 12.4 Å². The number of methoxy groups -OCH3 is 1. The number of halogens is 3. The molecule has 0 heterocycles. The van der Waals surface area contributed by atoms with E-state index in [0.717, 1.165) is 13.6 Å². The van der Waals surface area contributed by atoms with E-state index in [2.05, 4.69) is 43.8 Å². The quantitative estimate of drug-likeness (QED) is 0.319. The molecule has 0 radical (unpaired) electrons. The van der Waals surface area contributed by atoms with Crippen LogP contribution in [0.5, 0.6) is 5.75 Å². The fourth-order valence-corrected chi connectivity index (χ4v) is 4.16. The SMILES string of the molecule is COc1c(Br)cc(/C=C(/C#N)C(=O)Nc2cccc(Cl)c2C)cc1I. The fraction of sp³-hybridized carbons (Fsp3) is 0.111. The third-order valence-electron chi connectivity index (χ3n) is 3.42. The van der Waals surface area contributed by atoms with Crippen molar-refractivity contribution in [2.45, 2.75) is 6.92 Å². The Balaban J connectivity index is 2.33. The number of carbonyl (C=O) groups excluding carboxylic acids is 1. The lowest BCUT2D eigenvalue weighted by atomic mass is 10.1. The monoisotopic (exact) mass is 530 g/mol. The number of hydrogen-bond donors (Lipinski definition) is 1. The molecule has 1 amide bonds. The molecule has 7 heteroatoms. The summed E-state index contributed by atoms with van der Waals surface area (Å²) in [5.41, 5.74) is 2.03. The largest absolute Gasteiger partial charge is 0.494 e. The van der Waals surface area contributed by atoms with E-state index >= 15 is 0 Å². The fourth-order valence-electron chi connectivity index (χ4n) is 2.11. The van der Waals surface area contributed by atoms with Crippen LogP contribution >= 0.6 is 50.1 Å². The molecule has 0 spiro atoms. The number of ether oxygens (including phenoxy) is 1.